The fourth-order valence-electron chi connectivity index (χ4n) is 4.00. The number of hydrogen-bond donors (Lipinski definition) is 2. The summed E-state index contributed by atoms with van der Waals surface area (Å²) in [7, 11) is 0. The lowest BCUT2D eigenvalue weighted by atomic mass is 9.82. The third-order valence-electron chi connectivity index (χ3n) is 5.79. The summed E-state index contributed by atoms with van der Waals surface area (Å²) >= 11 is 6.12. The highest BCUT2D eigenvalue weighted by molar-refractivity contribution is 6.30. The average Bonchev–Trinajstić information content (AvgIpc) is 2.84. The van der Waals surface area contributed by atoms with Gasteiger partial charge in [0, 0.05) is 18.0 Å². The monoisotopic (exact) mass is 465 g/mol. The van der Waals surface area contributed by atoms with Crippen LogP contribution in [0.5, 0.6) is 0 Å². The second kappa shape index (κ2) is 10.2. The standard InChI is InChI=1S/C26H24ClNO5/c27-22-12-10-21(11-13-22)26(33-25(31)20-4-2-1-3-5-20)14-15-28-16-23(26)32-17-18-6-8-19(9-7-18)24(29)30/h1-13,23,28H,14-17H2,(H,29,30). The lowest BCUT2D eigenvalue weighted by molar-refractivity contribution is -0.140. The molecule has 2 N–H and O–H groups in total. The van der Waals surface area contributed by atoms with E-state index in [1.165, 1.54) is 0 Å². The summed E-state index contributed by atoms with van der Waals surface area (Å²) in [5, 5.41) is 13.0. The number of hydrogen-bond acceptors (Lipinski definition) is 5. The molecular weight excluding hydrogens is 442 g/mol. The summed E-state index contributed by atoms with van der Waals surface area (Å²) in [5.74, 6) is -1.40. The van der Waals surface area contributed by atoms with Crippen molar-refractivity contribution < 1.29 is 24.2 Å². The molecule has 0 amide bonds. The van der Waals surface area contributed by atoms with Gasteiger partial charge in [0.2, 0.25) is 0 Å². The Balaban J connectivity index is 1.62. The zero-order valence-corrected chi connectivity index (χ0v) is 18.6. The van der Waals surface area contributed by atoms with Crippen LogP contribution in [-0.4, -0.2) is 36.2 Å². The van der Waals surface area contributed by atoms with Gasteiger partial charge in [-0.3, -0.25) is 0 Å². The van der Waals surface area contributed by atoms with Gasteiger partial charge in [-0.1, -0.05) is 54.1 Å². The van der Waals surface area contributed by atoms with Gasteiger partial charge in [-0.15, -0.1) is 0 Å². The molecule has 1 fully saturated rings. The van der Waals surface area contributed by atoms with Gasteiger partial charge in [-0.2, -0.15) is 0 Å². The van der Waals surface area contributed by atoms with Gasteiger partial charge in [0.15, 0.2) is 5.60 Å². The summed E-state index contributed by atoms with van der Waals surface area (Å²) in [6, 6.07) is 22.7. The third-order valence-corrected chi connectivity index (χ3v) is 6.04. The molecule has 1 saturated heterocycles. The molecule has 3 aromatic carbocycles. The van der Waals surface area contributed by atoms with E-state index in [0.717, 1.165) is 11.1 Å². The second-order valence-electron chi connectivity index (χ2n) is 7.91. The lowest BCUT2D eigenvalue weighted by Gasteiger charge is -2.43. The first-order valence-electron chi connectivity index (χ1n) is 10.7. The van der Waals surface area contributed by atoms with E-state index in [9.17, 15) is 9.59 Å². The van der Waals surface area contributed by atoms with Crippen molar-refractivity contribution in [1.82, 2.24) is 5.32 Å². The Morgan fingerprint density at radius 1 is 0.970 bits per heavy atom. The Morgan fingerprint density at radius 3 is 2.33 bits per heavy atom. The van der Waals surface area contributed by atoms with Gasteiger partial charge >= 0.3 is 11.9 Å². The topological polar surface area (TPSA) is 84.9 Å². The molecule has 1 heterocycles. The maximum absolute atomic E-state index is 13.1. The first-order valence-corrected chi connectivity index (χ1v) is 11.0. The normalized spacial score (nSPS) is 20.2. The number of carboxylic acid groups (broad SMARTS) is 1. The van der Waals surface area contributed by atoms with Crippen LogP contribution in [0, 0.1) is 0 Å². The Labute approximate surface area is 197 Å². The minimum Gasteiger partial charge on any atom is -0.478 e. The molecule has 0 radical (unpaired) electrons. The number of ether oxygens (including phenoxy) is 2. The molecule has 0 spiro atoms. The van der Waals surface area contributed by atoms with E-state index in [-0.39, 0.29) is 12.2 Å². The van der Waals surface area contributed by atoms with Gasteiger partial charge < -0.3 is 19.9 Å². The Bertz CT molecular complexity index is 1100. The van der Waals surface area contributed by atoms with Crippen molar-refractivity contribution in [1.29, 1.82) is 0 Å². The second-order valence-corrected chi connectivity index (χ2v) is 8.34. The fraction of sp³-hybridized carbons (Fsp3) is 0.231. The molecule has 3 aromatic rings. The zero-order valence-electron chi connectivity index (χ0n) is 17.9. The van der Waals surface area contributed by atoms with Gasteiger partial charge in [0.05, 0.1) is 17.7 Å². The maximum atomic E-state index is 13.1. The zero-order chi connectivity index (χ0) is 23.3. The molecule has 0 aromatic heterocycles. The van der Waals surface area contributed by atoms with Crippen LogP contribution in [0.2, 0.25) is 5.02 Å². The van der Waals surface area contributed by atoms with E-state index in [4.69, 9.17) is 26.2 Å². The van der Waals surface area contributed by atoms with E-state index in [1.54, 1.807) is 60.7 Å². The number of nitrogens with one attached hydrogen (secondary N) is 1. The predicted molar refractivity (Wildman–Crippen MR) is 124 cm³/mol. The SMILES string of the molecule is O=C(O)c1ccc(COC2CNCCC2(OC(=O)c2ccccc2)c2ccc(Cl)cc2)cc1. The molecule has 1 aliphatic heterocycles. The summed E-state index contributed by atoms with van der Waals surface area (Å²) < 4.78 is 12.5. The maximum Gasteiger partial charge on any atom is 0.339 e. The Hall–Kier alpha value is -3.19. The van der Waals surface area contributed by atoms with Crippen LogP contribution in [0.1, 0.15) is 38.3 Å². The third kappa shape index (κ3) is 5.25. The van der Waals surface area contributed by atoms with Gasteiger partial charge in [0.1, 0.15) is 6.10 Å². The minimum atomic E-state index is -1.01. The molecule has 0 aliphatic carbocycles. The van der Waals surface area contributed by atoms with Crippen molar-refractivity contribution in [3.63, 3.8) is 0 Å². The van der Waals surface area contributed by atoms with Crippen LogP contribution in [0.3, 0.4) is 0 Å². The number of benzene rings is 3. The summed E-state index contributed by atoms with van der Waals surface area (Å²) in [4.78, 5) is 24.2. The molecular formula is C26H24ClNO5. The van der Waals surface area contributed by atoms with Crippen molar-refractivity contribution in [3.8, 4) is 0 Å². The molecule has 1 aliphatic rings. The van der Waals surface area contributed by atoms with Gasteiger partial charge in [-0.25, -0.2) is 9.59 Å². The molecule has 2 atom stereocenters. The Kier molecular flexibility index (Phi) is 7.08. The van der Waals surface area contributed by atoms with Crippen molar-refractivity contribution in [2.45, 2.75) is 24.7 Å². The summed E-state index contributed by atoms with van der Waals surface area (Å²) in [6.45, 7) is 1.38. The van der Waals surface area contributed by atoms with E-state index in [1.807, 2.05) is 18.2 Å². The molecule has 33 heavy (non-hydrogen) atoms. The average molecular weight is 466 g/mol. The predicted octanol–water partition coefficient (Wildman–Crippen LogP) is 4.67. The van der Waals surface area contributed by atoms with Crippen LogP contribution < -0.4 is 5.32 Å². The molecule has 0 bridgehead atoms. The van der Waals surface area contributed by atoms with E-state index in [2.05, 4.69) is 5.32 Å². The van der Waals surface area contributed by atoms with Crippen molar-refractivity contribution in [3.05, 3.63) is 106 Å². The summed E-state index contributed by atoms with van der Waals surface area (Å²) in [5.41, 5.74) is 1.30. The first kappa shape index (κ1) is 23.0. The Morgan fingerprint density at radius 2 is 1.67 bits per heavy atom. The largest absolute Gasteiger partial charge is 0.478 e. The highest BCUT2D eigenvalue weighted by atomic mass is 35.5. The minimum absolute atomic E-state index is 0.213. The highest BCUT2D eigenvalue weighted by Crippen LogP contribution is 2.38. The number of halogens is 1. The van der Waals surface area contributed by atoms with Crippen LogP contribution >= 0.6 is 11.6 Å². The number of carbonyl (C=O) groups excluding carboxylic acids is 1. The number of rotatable bonds is 7. The van der Waals surface area contributed by atoms with Crippen LogP contribution in [0.4, 0.5) is 0 Å². The lowest BCUT2D eigenvalue weighted by Crippen LogP contribution is -2.55. The molecule has 2 unspecified atom stereocenters. The molecule has 0 saturated carbocycles. The first-order chi connectivity index (χ1) is 16.0. The highest BCUT2D eigenvalue weighted by Gasteiger charge is 2.47. The van der Waals surface area contributed by atoms with E-state index >= 15 is 0 Å². The number of piperidine rings is 1. The molecule has 7 heteroatoms. The van der Waals surface area contributed by atoms with Crippen LogP contribution in [0.15, 0.2) is 78.9 Å². The van der Waals surface area contributed by atoms with Gasteiger partial charge in [0.25, 0.3) is 0 Å². The van der Waals surface area contributed by atoms with Gasteiger partial charge in [-0.05, 0) is 54.1 Å². The van der Waals surface area contributed by atoms with Crippen molar-refractivity contribution in [2.75, 3.05) is 13.1 Å². The van der Waals surface area contributed by atoms with Crippen molar-refractivity contribution >= 4 is 23.5 Å². The molecule has 6 nitrogen and oxygen atoms in total. The smallest absolute Gasteiger partial charge is 0.339 e. The number of carboxylic acids is 1. The fourth-order valence-corrected chi connectivity index (χ4v) is 4.13. The summed E-state index contributed by atoms with van der Waals surface area (Å²) in [6.07, 6.45) is 0.0507. The number of carbonyl (C=O) groups is 2. The quantitative estimate of drug-likeness (QED) is 0.493. The van der Waals surface area contributed by atoms with E-state index < -0.39 is 23.6 Å². The number of esters is 1. The van der Waals surface area contributed by atoms with E-state index in [0.29, 0.717) is 30.1 Å². The van der Waals surface area contributed by atoms with Crippen molar-refractivity contribution in [2.24, 2.45) is 0 Å². The van der Waals surface area contributed by atoms with Crippen LogP contribution in [0.25, 0.3) is 0 Å². The molecule has 170 valence electrons. The number of aromatic carboxylic acids is 1. The van der Waals surface area contributed by atoms with Crippen LogP contribution in [-0.2, 0) is 21.7 Å². The molecule has 4 rings (SSSR count).